The zero-order valence-corrected chi connectivity index (χ0v) is 13.5. The Labute approximate surface area is 119 Å². The molecule has 108 valence electrons. The summed E-state index contributed by atoms with van der Waals surface area (Å²) < 4.78 is 0. The lowest BCUT2D eigenvalue weighted by atomic mass is 9.78. The third-order valence-corrected chi connectivity index (χ3v) is 3.67. The molecular weight excluding hydrogens is 232 g/mol. The molecule has 0 aromatic rings. The fourth-order valence-corrected chi connectivity index (χ4v) is 2.59. The fourth-order valence-electron chi connectivity index (χ4n) is 2.59. The topological polar surface area (TPSA) is 17.1 Å². The molecule has 2 atom stereocenters. The Bertz CT molecular complexity index is 357. The molecule has 1 heteroatoms. The third-order valence-electron chi connectivity index (χ3n) is 3.67. The first-order valence-electron chi connectivity index (χ1n) is 7.54. The largest absolute Gasteiger partial charge is 0.299 e. The molecule has 0 amide bonds. The summed E-state index contributed by atoms with van der Waals surface area (Å²) in [6.07, 6.45) is 7.65. The van der Waals surface area contributed by atoms with Crippen molar-refractivity contribution in [3.63, 3.8) is 0 Å². The fraction of sp³-hybridized carbons (Fsp3) is 0.611. The van der Waals surface area contributed by atoms with E-state index in [-0.39, 0.29) is 11.7 Å². The SMILES string of the molecule is C=C(C)C(C(C)=O)C1=C(C(C)CC)CCC=C1.CC. The van der Waals surface area contributed by atoms with Gasteiger partial charge in [0.05, 0.1) is 5.92 Å². The molecule has 0 radical (unpaired) electrons. The minimum Gasteiger partial charge on any atom is -0.299 e. The minimum absolute atomic E-state index is 0.101. The number of ketones is 1. The number of hydrogen-bond acceptors (Lipinski definition) is 1. The van der Waals surface area contributed by atoms with Gasteiger partial charge in [0, 0.05) is 0 Å². The summed E-state index contributed by atoms with van der Waals surface area (Å²) in [6, 6.07) is 0. The Morgan fingerprint density at radius 1 is 1.37 bits per heavy atom. The number of allylic oxidation sites excluding steroid dienone is 5. The van der Waals surface area contributed by atoms with Gasteiger partial charge < -0.3 is 0 Å². The molecule has 1 aliphatic carbocycles. The van der Waals surface area contributed by atoms with Gasteiger partial charge in [-0.25, -0.2) is 0 Å². The molecule has 0 saturated carbocycles. The molecule has 0 heterocycles. The lowest BCUT2D eigenvalue weighted by molar-refractivity contribution is -0.118. The van der Waals surface area contributed by atoms with Gasteiger partial charge in [-0.2, -0.15) is 0 Å². The molecule has 0 N–H and O–H groups in total. The second-order valence-electron chi connectivity index (χ2n) is 5.12. The average molecular weight is 262 g/mol. The van der Waals surface area contributed by atoms with Crippen LogP contribution in [0.1, 0.15) is 60.8 Å². The highest BCUT2D eigenvalue weighted by molar-refractivity contribution is 5.85. The summed E-state index contributed by atoms with van der Waals surface area (Å²) in [7, 11) is 0. The van der Waals surface area contributed by atoms with Crippen LogP contribution in [0, 0.1) is 11.8 Å². The van der Waals surface area contributed by atoms with Crippen LogP contribution in [0.3, 0.4) is 0 Å². The van der Waals surface area contributed by atoms with E-state index in [0.29, 0.717) is 5.92 Å². The van der Waals surface area contributed by atoms with Crippen molar-refractivity contribution in [2.45, 2.75) is 60.8 Å². The average Bonchev–Trinajstić information content (AvgIpc) is 2.40. The third kappa shape index (κ3) is 4.81. The van der Waals surface area contributed by atoms with Crippen molar-refractivity contribution in [1.29, 1.82) is 0 Å². The molecule has 1 rings (SSSR count). The van der Waals surface area contributed by atoms with Gasteiger partial charge in [0.15, 0.2) is 0 Å². The predicted molar refractivity (Wildman–Crippen MR) is 85.2 cm³/mol. The first kappa shape index (κ1) is 17.9. The normalized spacial score (nSPS) is 17.4. The Kier molecular flexibility index (Phi) is 8.38. The highest BCUT2D eigenvalue weighted by Crippen LogP contribution is 2.34. The number of hydrogen-bond donors (Lipinski definition) is 0. The van der Waals surface area contributed by atoms with Gasteiger partial charge in [-0.15, -0.1) is 0 Å². The Balaban J connectivity index is 0.00000154. The maximum Gasteiger partial charge on any atom is 0.141 e. The Morgan fingerprint density at radius 2 is 1.95 bits per heavy atom. The zero-order chi connectivity index (χ0) is 15.0. The molecular formula is C18H30O. The smallest absolute Gasteiger partial charge is 0.141 e. The van der Waals surface area contributed by atoms with E-state index < -0.39 is 0 Å². The van der Waals surface area contributed by atoms with Crippen LogP contribution in [0.5, 0.6) is 0 Å². The lowest BCUT2D eigenvalue weighted by Gasteiger charge is -2.26. The van der Waals surface area contributed by atoms with Gasteiger partial charge in [-0.3, -0.25) is 4.79 Å². The highest BCUT2D eigenvalue weighted by atomic mass is 16.1. The van der Waals surface area contributed by atoms with Crippen LogP contribution < -0.4 is 0 Å². The molecule has 0 aromatic carbocycles. The molecule has 2 unspecified atom stereocenters. The molecule has 0 bridgehead atoms. The lowest BCUT2D eigenvalue weighted by Crippen LogP contribution is -2.18. The van der Waals surface area contributed by atoms with E-state index in [2.05, 4.69) is 32.6 Å². The first-order valence-corrected chi connectivity index (χ1v) is 7.54. The van der Waals surface area contributed by atoms with Crippen LogP contribution in [0.4, 0.5) is 0 Å². The molecule has 0 aliphatic heterocycles. The maximum atomic E-state index is 11.8. The van der Waals surface area contributed by atoms with Crippen molar-refractivity contribution in [3.05, 3.63) is 35.5 Å². The van der Waals surface area contributed by atoms with Crippen molar-refractivity contribution < 1.29 is 4.79 Å². The highest BCUT2D eigenvalue weighted by Gasteiger charge is 2.24. The van der Waals surface area contributed by atoms with Crippen molar-refractivity contribution in [2.24, 2.45) is 11.8 Å². The molecule has 0 aromatic heterocycles. The van der Waals surface area contributed by atoms with Crippen LogP contribution in [-0.4, -0.2) is 5.78 Å². The second-order valence-corrected chi connectivity index (χ2v) is 5.12. The first-order chi connectivity index (χ1) is 8.99. The summed E-state index contributed by atoms with van der Waals surface area (Å²) in [5.41, 5.74) is 3.63. The number of carbonyl (C=O) groups is 1. The number of carbonyl (C=O) groups excluding carboxylic acids is 1. The van der Waals surface area contributed by atoms with Crippen molar-refractivity contribution in [1.82, 2.24) is 0 Å². The van der Waals surface area contributed by atoms with E-state index in [1.807, 2.05) is 20.8 Å². The summed E-state index contributed by atoms with van der Waals surface area (Å²) in [6.45, 7) is 16.1. The van der Waals surface area contributed by atoms with E-state index in [1.54, 1.807) is 6.92 Å². The van der Waals surface area contributed by atoms with Gasteiger partial charge in [0.25, 0.3) is 0 Å². The molecule has 0 spiro atoms. The quantitative estimate of drug-likeness (QED) is 0.599. The monoisotopic (exact) mass is 262 g/mol. The molecule has 0 saturated heterocycles. The molecule has 0 fully saturated rings. The van der Waals surface area contributed by atoms with E-state index in [4.69, 9.17) is 0 Å². The standard InChI is InChI=1S/C16H24O.C2H6/c1-6-12(4)14-9-7-8-10-15(14)16(11(2)3)13(5)17;1-2/h8,10,12,16H,2,6-7,9H2,1,3-5H3;1-2H3. The zero-order valence-electron chi connectivity index (χ0n) is 13.5. The minimum atomic E-state index is -0.101. The summed E-state index contributed by atoms with van der Waals surface area (Å²) in [4.78, 5) is 11.8. The van der Waals surface area contributed by atoms with Crippen molar-refractivity contribution in [3.8, 4) is 0 Å². The van der Waals surface area contributed by atoms with E-state index in [1.165, 1.54) is 11.1 Å². The van der Waals surface area contributed by atoms with Gasteiger partial charge in [0.1, 0.15) is 5.78 Å². The predicted octanol–water partition coefficient (Wildman–Crippen LogP) is 5.49. The number of Topliss-reactive ketones (excluding diaryl/α,β-unsaturated/α-hetero) is 1. The maximum absolute atomic E-state index is 11.8. The van der Waals surface area contributed by atoms with Gasteiger partial charge in [-0.1, -0.05) is 57.6 Å². The Morgan fingerprint density at radius 3 is 2.37 bits per heavy atom. The van der Waals surface area contributed by atoms with Gasteiger partial charge in [0.2, 0.25) is 0 Å². The van der Waals surface area contributed by atoms with Gasteiger partial charge in [-0.05, 0) is 44.6 Å². The molecule has 1 nitrogen and oxygen atoms in total. The summed E-state index contributed by atoms with van der Waals surface area (Å²) in [5.74, 6) is 0.673. The van der Waals surface area contributed by atoms with E-state index in [0.717, 1.165) is 24.8 Å². The summed E-state index contributed by atoms with van der Waals surface area (Å²) >= 11 is 0. The van der Waals surface area contributed by atoms with Crippen LogP contribution in [0.2, 0.25) is 0 Å². The van der Waals surface area contributed by atoms with E-state index in [9.17, 15) is 4.79 Å². The summed E-state index contributed by atoms with van der Waals surface area (Å²) in [5, 5.41) is 0. The molecule has 19 heavy (non-hydrogen) atoms. The van der Waals surface area contributed by atoms with E-state index >= 15 is 0 Å². The number of rotatable bonds is 5. The van der Waals surface area contributed by atoms with Crippen molar-refractivity contribution >= 4 is 5.78 Å². The van der Waals surface area contributed by atoms with Crippen LogP contribution in [-0.2, 0) is 4.79 Å². The van der Waals surface area contributed by atoms with Crippen LogP contribution in [0.15, 0.2) is 35.5 Å². The van der Waals surface area contributed by atoms with Crippen LogP contribution in [0.25, 0.3) is 0 Å². The van der Waals surface area contributed by atoms with Gasteiger partial charge >= 0.3 is 0 Å². The second kappa shape index (κ2) is 8.90. The van der Waals surface area contributed by atoms with Crippen molar-refractivity contribution in [2.75, 3.05) is 0 Å². The molecule has 1 aliphatic rings. The Hall–Kier alpha value is -1.11. The van der Waals surface area contributed by atoms with Crippen LogP contribution >= 0.6 is 0 Å².